The van der Waals surface area contributed by atoms with Crippen molar-refractivity contribution in [2.75, 3.05) is 13.1 Å². The second-order valence-electron chi connectivity index (χ2n) is 4.55. The molecule has 0 radical (unpaired) electrons. The topological polar surface area (TPSA) is 12.0 Å². The van der Waals surface area contributed by atoms with Gasteiger partial charge in [0.05, 0.1) is 10.0 Å². The van der Waals surface area contributed by atoms with Gasteiger partial charge in [0.25, 0.3) is 0 Å². The zero-order valence-electron chi connectivity index (χ0n) is 9.47. The summed E-state index contributed by atoms with van der Waals surface area (Å²) in [5, 5.41) is 4.70. The minimum atomic E-state index is 0.567. The molecule has 2 rings (SSSR count). The highest BCUT2D eigenvalue weighted by Gasteiger charge is 2.21. The first-order valence-corrected chi connectivity index (χ1v) is 6.59. The summed E-state index contributed by atoms with van der Waals surface area (Å²) >= 11 is 12.0. The Labute approximate surface area is 107 Å². The lowest BCUT2D eigenvalue weighted by Crippen LogP contribution is -2.30. The first-order chi connectivity index (χ1) is 7.68. The molecule has 1 N–H and O–H groups in total. The molecule has 1 nitrogen and oxygen atoms in total. The highest BCUT2D eigenvalue weighted by atomic mass is 35.5. The van der Waals surface area contributed by atoms with E-state index in [-0.39, 0.29) is 0 Å². The van der Waals surface area contributed by atoms with E-state index in [0.717, 1.165) is 19.0 Å². The van der Waals surface area contributed by atoms with Crippen molar-refractivity contribution < 1.29 is 0 Å². The molecule has 0 bridgehead atoms. The van der Waals surface area contributed by atoms with Crippen molar-refractivity contribution in [3.05, 3.63) is 33.8 Å². The summed E-state index contributed by atoms with van der Waals surface area (Å²) in [7, 11) is 0. The van der Waals surface area contributed by atoms with Crippen LogP contribution in [0.1, 0.15) is 31.2 Å². The number of rotatable bonds is 2. The smallest absolute Gasteiger partial charge is 0.0595 e. The van der Waals surface area contributed by atoms with Crippen LogP contribution in [0.3, 0.4) is 0 Å². The summed E-state index contributed by atoms with van der Waals surface area (Å²) in [6.07, 6.45) is 2.50. The van der Waals surface area contributed by atoms with Gasteiger partial charge in [-0.3, -0.25) is 0 Å². The summed E-state index contributed by atoms with van der Waals surface area (Å²) in [4.78, 5) is 0. The lowest BCUT2D eigenvalue weighted by Gasteiger charge is -2.28. The first-order valence-electron chi connectivity index (χ1n) is 5.84. The largest absolute Gasteiger partial charge is 0.317 e. The molecular formula is C13H17Cl2N. The fraction of sp³-hybridized carbons (Fsp3) is 0.538. The van der Waals surface area contributed by atoms with Crippen molar-refractivity contribution in [2.24, 2.45) is 5.92 Å². The molecule has 0 aliphatic carbocycles. The molecule has 88 valence electrons. The Balaban J connectivity index is 2.12. The fourth-order valence-electron chi connectivity index (χ4n) is 2.41. The average molecular weight is 258 g/mol. The van der Waals surface area contributed by atoms with Crippen LogP contribution in [0.5, 0.6) is 0 Å². The third-order valence-corrected chi connectivity index (χ3v) is 4.30. The van der Waals surface area contributed by atoms with E-state index in [1.165, 1.54) is 18.4 Å². The van der Waals surface area contributed by atoms with Crippen LogP contribution in [-0.4, -0.2) is 13.1 Å². The molecule has 3 heteroatoms. The van der Waals surface area contributed by atoms with Gasteiger partial charge in [-0.15, -0.1) is 0 Å². The third kappa shape index (κ3) is 2.71. The molecule has 0 spiro atoms. The van der Waals surface area contributed by atoms with E-state index < -0.39 is 0 Å². The van der Waals surface area contributed by atoms with Gasteiger partial charge in [-0.05, 0) is 55.5 Å². The molecule has 0 saturated carbocycles. The van der Waals surface area contributed by atoms with Gasteiger partial charge in [0.2, 0.25) is 0 Å². The zero-order chi connectivity index (χ0) is 11.5. The number of hydrogen-bond acceptors (Lipinski definition) is 1. The van der Waals surface area contributed by atoms with E-state index in [1.54, 1.807) is 0 Å². The van der Waals surface area contributed by atoms with E-state index in [2.05, 4.69) is 18.3 Å². The number of hydrogen-bond donors (Lipinski definition) is 1. The highest BCUT2D eigenvalue weighted by molar-refractivity contribution is 6.42. The van der Waals surface area contributed by atoms with Gasteiger partial charge in [-0.2, -0.15) is 0 Å². The Hall–Kier alpha value is -0.240. The van der Waals surface area contributed by atoms with Crippen LogP contribution in [0.15, 0.2) is 18.2 Å². The molecule has 1 aromatic carbocycles. The summed E-state index contributed by atoms with van der Waals surface area (Å²) < 4.78 is 0. The minimum Gasteiger partial charge on any atom is -0.317 e. The van der Waals surface area contributed by atoms with Crippen LogP contribution in [0, 0.1) is 5.92 Å². The monoisotopic (exact) mass is 257 g/mol. The van der Waals surface area contributed by atoms with Crippen LogP contribution in [0.4, 0.5) is 0 Å². The predicted molar refractivity (Wildman–Crippen MR) is 70.5 cm³/mol. The van der Waals surface area contributed by atoms with E-state index in [9.17, 15) is 0 Å². The molecule has 1 heterocycles. The summed E-state index contributed by atoms with van der Waals surface area (Å²) in [6, 6.07) is 6.01. The lowest BCUT2D eigenvalue weighted by atomic mass is 9.82. The maximum absolute atomic E-state index is 6.05. The molecule has 0 amide bonds. The van der Waals surface area contributed by atoms with Crippen LogP contribution in [0.2, 0.25) is 10.0 Å². The van der Waals surface area contributed by atoms with Crippen molar-refractivity contribution in [2.45, 2.75) is 25.7 Å². The number of halogens is 2. The highest BCUT2D eigenvalue weighted by Crippen LogP contribution is 2.33. The van der Waals surface area contributed by atoms with Crippen LogP contribution >= 0.6 is 23.2 Å². The maximum atomic E-state index is 6.05. The Morgan fingerprint density at radius 3 is 2.50 bits per heavy atom. The molecule has 16 heavy (non-hydrogen) atoms. The summed E-state index contributed by atoms with van der Waals surface area (Å²) in [5.74, 6) is 1.33. The van der Waals surface area contributed by atoms with Crippen LogP contribution in [-0.2, 0) is 0 Å². The Bertz CT molecular complexity index is 359. The quantitative estimate of drug-likeness (QED) is 0.842. The molecule has 1 unspecified atom stereocenters. The van der Waals surface area contributed by atoms with Gasteiger partial charge in [0, 0.05) is 0 Å². The van der Waals surface area contributed by atoms with Crippen LogP contribution < -0.4 is 5.32 Å². The summed E-state index contributed by atoms with van der Waals surface area (Å²) in [5.41, 5.74) is 1.31. The van der Waals surface area contributed by atoms with Crippen molar-refractivity contribution >= 4 is 23.2 Å². The number of benzene rings is 1. The van der Waals surface area contributed by atoms with Crippen LogP contribution in [0.25, 0.3) is 0 Å². The van der Waals surface area contributed by atoms with Gasteiger partial charge in [-0.1, -0.05) is 36.2 Å². The van der Waals surface area contributed by atoms with Crippen molar-refractivity contribution in [1.29, 1.82) is 0 Å². The lowest BCUT2D eigenvalue weighted by molar-refractivity contribution is 0.330. The normalized spacial score (nSPS) is 19.7. The van der Waals surface area contributed by atoms with Gasteiger partial charge in [-0.25, -0.2) is 0 Å². The predicted octanol–water partition coefficient (Wildman–Crippen LogP) is 4.10. The molecule has 1 aliphatic rings. The molecule has 1 saturated heterocycles. The van der Waals surface area contributed by atoms with E-state index in [4.69, 9.17) is 23.2 Å². The minimum absolute atomic E-state index is 0.567. The SMILES string of the molecule is CC(c1ccc(Cl)c(Cl)c1)C1CCNCC1. The van der Waals surface area contributed by atoms with Crippen molar-refractivity contribution in [3.8, 4) is 0 Å². The zero-order valence-corrected chi connectivity index (χ0v) is 11.0. The third-order valence-electron chi connectivity index (χ3n) is 3.56. The van der Waals surface area contributed by atoms with Gasteiger partial charge in [0.15, 0.2) is 0 Å². The van der Waals surface area contributed by atoms with Gasteiger partial charge < -0.3 is 5.32 Å². The van der Waals surface area contributed by atoms with Gasteiger partial charge in [0.1, 0.15) is 0 Å². The molecule has 1 fully saturated rings. The van der Waals surface area contributed by atoms with Gasteiger partial charge >= 0.3 is 0 Å². The second-order valence-corrected chi connectivity index (χ2v) is 5.36. The Morgan fingerprint density at radius 1 is 1.19 bits per heavy atom. The molecule has 1 aliphatic heterocycles. The molecular weight excluding hydrogens is 241 g/mol. The molecule has 1 atom stereocenters. The van der Waals surface area contributed by atoms with Crippen molar-refractivity contribution in [1.82, 2.24) is 5.32 Å². The average Bonchev–Trinajstić information content (AvgIpc) is 2.33. The number of nitrogens with one attached hydrogen (secondary N) is 1. The van der Waals surface area contributed by atoms with E-state index in [0.29, 0.717) is 16.0 Å². The standard InChI is InChI=1S/C13H17Cl2N/c1-9(10-4-6-16-7-5-10)11-2-3-12(14)13(15)8-11/h2-3,8-10,16H,4-7H2,1H3. The Kier molecular flexibility index (Phi) is 4.12. The maximum Gasteiger partial charge on any atom is 0.0595 e. The second kappa shape index (κ2) is 5.39. The molecule has 1 aromatic rings. The summed E-state index contributed by atoms with van der Waals surface area (Å²) in [6.45, 7) is 4.56. The van der Waals surface area contributed by atoms with E-state index >= 15 is 0 Å². The van der Waals surface area contributed by atoms with E-state index in [1.807, 2.05) is 12.1 Å². The fourth-order valence-corrected chi connectivity index (χ4v) is 2.72. The number of piperidine rings is 1. The Morgan fingerprint density at radius 2 is 1.88 bits per heavy atom. The van der Waals surface area contributed by atoms with Crippen molar-refractivity contribution in [3.63, 3.8) is 0 Å². The first kappa shape index (κ1) is 12.2. The molecule has 0 aromatic heterocycles.